The Morgan fingerprint density at radius 3 is 2.42 bits per heavy atom. The van der Waals surface area contributed by atoms with Crippen LogP contribution in [0.3, 0.4) is 0 Å². The molecule has 0 unspecified atom stereocenters. The first-order valence-electron chi connectivity index (χ1n) is 8.69. The Morgan fingerprint density at radius 2 is 1.77 bits per heavy atom. The van der Waals surface area contributed by atoms with Crippen LogP contribution in [0, 0.1) is 13.8 Å². The zero-order chi connectivity index (χ0) is 18.1. The van der Waals surface area contributed by atoms with Crippen LogP contribution in [0.5, 0.6) is 0 Å². The average molecular weight is 410 g/mol. The number of pyridine rings is 1. The van der Waals surface area contributed by atoms with Crippen LogP contribution in [0.15, 0.2) is 47.1 Å². The van der Waals surface area contributed by atoms with Crippen LogP contribution in [-0.2, 0) is 0 Å². The maximum absolute atomic E-state index is 4.67. The number of hydrogen-bond acceptors (Lipinski definition) is 5. The quantitative estimate of drug-likeness (QED) is 0.603. The van der Waals surface area contributed by atoms with Crippen molar-refractivity contribution in [3.05, 3.63) is 58.2 Å². The molecule has 1 aromatic carbocycles. The van der Waals surface area contributed by atoms with E-state index in [1.807, 2.05) is 24.3 Å². The van der Waals surface area contributed by atoms with Crippen LogP contribution in [-0.4, -0.2) is 21.0 Å². The molecular weight excluding hydrogens is 390 g/mol. The predicted octanol–water partition coefficient (Wildman–Crippen LogP) is 5.24. The van der Waals surface area contributed by atoms with Gasteiger partial charge in [-0.1, -0.05) is 22.0 Å². The summed E-state index contributed by atoms with van der Waals surface area (Å²) in [6, 6.07) is 12.5. The molecule has 0 saturated heterocycles. The van der Waals surface area contributed by atoms with Crippen molar-refractivity contribution in [3.8, 4) is 11.4 Å². The molecule has 6 heteroatoms. The number of nitrogens with zero attached hydrogens (tertiary/aromatic N) is 3. The highest BCUT2D eigenvalue weighted by atomic mass is 79.9. The zero-order valence-electron chi connectivity index (χ0n) is 14.8. The zero-order valence-corrected chi connectivity index (χ0v) is 16.3. The second-order valence-corrected chi connectivity index (χ2v) is 7.55. The summed E-state index contributed by atoms with van der Waals surface area (Å²) in [4.78, 5) is 13.7. The summed E-state index contributed by atoms with van der Waals surface area (Å²) in [7, 11) is 0. The van der Waals surface area contributed by atoms with Gasteiger partial charge in [-0.05, 0) is 62.1 Å². The lowest BCUT2D eigenvalue weighted by atomic mass is 10.1. The molecule has 2 heterocycles. The Morgan fingerprint density at radius 1 is 1.00 bits per heavy atom. The number of rotatable bonds is 5. The van der Waals surface area contributed by atoms with Gasteiger partial charge < -0.3 is 10.6 Å². The number of anilines is 3. The fraction of sp³-hybridized carbons (Fsp3) is 0.250. The molecule has 0 bridgehead atoms. The van der Waals surface area contributed by atoms with E-state index < -0.39 is 0 Å². The van der Waals surface area contributed by atoms with Crippen molar-refractivity contribution in [3.63, 3.8) is 0 Å². The van der Waals surface area contributed by atoms with Crippen molar-refractivity contribution in [2.75, 3.05) is 10.6 Å². The van der Waals surface area contributed by atoms with Gasteiger partial charge in [0.15, 0.2) is 0 Å². The molecule has 2 aromatic heterocycles. The molecule has 1 aliphatic rings. The molecule has 2 N–H and O–H groups in total. The number of nitrogens with one attached hydrogen (secondary N) is 2. The SMILES string of the molecule is Cc1cc(Br)cc(C)c1Nc1cc(-c2ccccn2)nc(NC2CC2)n1. The lowest BCUT2D eigenvalue weighted by Crippen LogP contribution is -2.08. The van der Waals surface area contributed by atoms with Crippen LogP contribution in [0.1, 0.15) is 24.0 Å². The molecule has 132 valence electrons. The molecule has 0 amide bonds. The molecule has 4 rings (SSSR count). The molecule has 5 nitrogen and oxygen atoms in total. The van der Waals surface area contributed by atoms with E-state index >= 15 is 0 Å². The van der Waals surface area contributed by atoms with Crippen molar-refractivity contribution < 1.29 is 0 Å². The Labute approximate surface area is 161 Å². The van der Waals surface area contributed by atoms with Crippen LogP contribution < -0.4 is 10.6 Å². The summed E-state index contributed by atoms with van der Waals surface area (Å²) >= 11 is 3.55. The minimum Gasteiger partial charge on any atom is -0.351 e. The Kier molecular flexibility index (Phi) is 4.59. The molecule has 0 spiro atoms. The van der Waals surface area contributed by atoms with Gasteiger partial charge in [-0.15, -0.1) is 0 Å². The van der Waals surface area contributed by atoms with Gasteiger partial charge in [-0.25, -0.2) is 4.98 Å². The average Bonchev–Trinajstić information content (AvgIpc) is 3.43. The van der Waals surface area contributed by atoms with Crippen molar-refractivity contribution in [2.24, 2.45) is 0 Å². The van der Waals surface area contributed by atoms with Crippen LogP contribution in [0.2, 0.25) is 0 Å². The summed E-state index contributed by atoms with van der Waals surface area (Å²) in [5.41, 5.74) is 5.02. The van der Waals surface area contributed by atoms with Gasteiger partial charge in [0.05, 0.1) is 11.4 Å². The predicted molar refractivity (Wildman–Crippen MR) is 109 cm³/mol. The largest absolute Gasteiger partial charge is 0.351 e. The molecule has 1 saturated carbocycles. The van der Waals surface area contributed by atoms with Gasteiger partial charge >= 0.3 is 0 Å². The first kappa shape index (κ1) is 17.0. The van der Waals surface area contributed by atoms with Gasteiger partial charge in [0, 0.05) is 28.5 Å². The van der Waals surface area contributed by atoms with E-state index in [4.69, 9.17) is 0 Å². The van der Waals surface area contributed by atoms with E-state index in [1.54, 1.807) is 6.20 Å². The van der Waals surface area contributed by atoms with Crippen LogP contribution in [0.25, 0.3) is 11.4 Å². The summed E-state index contributed by atoms with van der Waals surface area (Å²) in [5, 5.41) is 6.87. The number of halogens is 1. The smallest absolute Gasteiger partial charge is 0.225 e. The molecule has 3 aromatic rings. The van der Waals surface area contributed by atoms with Crippen molar-refractivity contribution >= 4 is 33.4 Å². The third-order valence-electron chi connectivity index (χ3n) is 4.31. The van der Waals surface area contributed by atoms with Crippen molar-refractivity contribution in [2.45, 2.75) is 32.7 Å². The van der Waals surface area contributed by atoms with Gasteiger partial charge in [-0.2, -0.15) is 4.98 Å². The molecule has 0 aliphatic heterocycles. The fourth-order valence-corrected chi connectivity index (χ4v) is 3.55. The lowest BCUT2D eigenvalue weighted by Gasteiger charge is -2.15. The third-order valence-corrected chi connectivity index (χ3v) is 4.77. The number of aryl methyl sites for hydroxylation is 2. The van der Waals surface area contributed by atoms with Gasteiger partial charge in [0.1, 0.15) is 5.82 Å². The van der Waals surface area contributed by atoms with E-state index in [0.29, 0.717) is 12.0 Å². The first-order chi connectivity index (χ1) is 12.6. The summed E-state index contributed by atoms with van der Waals surface area (Å²) in [5.74, 6) is 1.41. The second-order valence-electron chi connectivity index (χ2n) is 6.64. The molecular formula is C20H20BrN5. The number of benzene rings is 1. The summed E-state index contributed by atoms with van der Waals surface area (Å²) in [6.45, 7) is 4.18. The topological polar surface area (TPSA) is 62.7 Å². The number of aromatic nitrogens is 3. The molecule has 1 fully saturated rings. The van der Waals surface area contributed by atoms with Gasteiger partial charge in [-0.3, -0.25) is 4.98 Å². The first-order valence-corrected chi connectivity index (χ1v) is 9.48. The highest BCUT2D eigenvalue weighted by Gasteiger charge is 2.22. The van der Waals surface area contributed by atoms with Gasteiger partial charge in [0.25, 0.3) is 0 Å². The molecule has 0 radical (unpaired) electrons. The van der Waals surface area contributed by atoms with Crippen molar-refractivity contribution in [1.82, 2.24) is 15.0 Å². The van der Waals surface area contributed by atoms with Crippen LogP contribution in [0.4, 0.5) is 17.5 Å². The molecule has 26 heavy (non-hydrogen) atoms. The standard InChI is InChI=1S/C20H20BrN5/c1-12-9-14(21)10-13(2)19(12)25-18-11-17(16-5-3-4-8-22-16)24-20(26-18)23-15-6-7-15/h3-5,8-11,15H,6-7H2,1-2H3,(H2,23,24,25,26). The highest BCUT2D eigenvalue weighted by molar-refractivity contribution is 9.10. The minimum atomic E-state index is 0.484. The monoisotopic (exact) mass is 409 g/mol. The summed E-state index contributed by atoms with van der Waals surface area (Å²) in [6.07, 6.45) is 4.12. The van der Waals surface area contributed by atoms with E-state index in [9.17, 15) is 0 Å². The molecule has 1 aliphatic carbocycles. The minimum absolute atomic E-state index is 0.484. The van der Waals surface area contributed by atoms with E-state index in [2.05, 4.69) is 67.5 Å². The normalized spacial score (nSPS) is 13.5. The fourth-order valence-electron chi connectivity index (χ4n) is 2.87. The van der Waals surface area contributed by atoms with E-state index in [0.717, 1.165) is 38.5 Å². The van der Waals surface area contributed by atoms with Crippen LogP contribution >= 0.6 is 15.9 Å². The van der Waals surface area contributed by atoms with Gasteiger partial charge in [0.2, 0.25) is 5.95 Å². The number of hydrogen-bond donors (Lipinski definition) is 2. The van der Waals surface area contributed by atoms with E-state index in [1.165, 1.54) is 12.8 Å². The maximum atomic E-state index is 4.67. The highest BCUT2D eigenvalue weighted by Crippen LogP contribution is 2.30. The lowest BCUT2D eigenvalue weighted by molar-refractivity contribution is 1.05. The summed E-state index contributed by atoms with van der Waals surface area (Å²) < 4.78 is 1.08. The molecule has 0 atom stereocenters. The maximum Gasteiger partial charge on any atom is 0.225 e. The second kappa shape index (κ2) is 7.03. The Balaban J connectivity index is 1.73. The van der Waals surface area contributed by atoms with Crippen molar-refractivity contribution in [1.29, 1.82) is 0 Å². The Hall–Kier alpha value is -2.47. The Bertz CT molecular complexity index is 915. The third kappa shape index (κ3) is 3.85. The van der Waals surface area contributed by atoms with E-state index in [-0.39, 0.29) is 0 Å².